The fourth-order valence-corrected chi connectivity index (χ4v) is 2.70. The quantitative estimate of drug-likeness (QED) is 0.666. The molecule has 0 saturated carbocycles. The number of hydrogen-bond acceptors (Lipinski definition) is 4. The van der Waals surface area contributed by atoms with Gasteiger partial charge in [0.25, 0.3) is 5.69 Å². The van der Waals surface area contributed by atoms with Crippen molar-refractivity contribution >= 4 is 17.1 Å². The van der Waals surface area contributed by atoms with E-state index in [0.717, 1.165) is 24.1 Å². The van der Waals surface area contributed by atoms with Gasteiger partial charge in [-0.15, -0.1) is 0 Å². The molecule has 0 atom stereocenters. The number of aryl methyl sites for hydroxylation is 1. The molecule has 0 aromatic heterocycles. The molecule has 108 valence electrons. The Morgan fingerprint density at radius 3 is 3.00 bits per heavy atom. The smallest absolute Gasteiger partial charge is 0.292 e. The predicted molar refractivity (Wildman–Crippen MR) is 83.8 cm³/mol. The Bertz CT molecular complexity index is 698. The first-order chi connectivity index (χ1) is 10.1. The third-order valence-corrected chi connectivity index (χ3v) is 3.75. The molecule has 2 N–H and O–H groups in total. The molecule has 1 aliphatic rings. The summed E-state index contributed by atoms with van der Waals surface area (Å²) in [4.78, 5) is 10.7. The van der Waals surface area contributed by atoms with E-state index in [1.165, 1.54) is 11.3 Å². The number of nitrogens with zero attached hydrogens (tertiary/aromatic N) is 1. The molecule has 3 rings (SSSR count). The monoisotopic (exact) mass is 283 g/mol. The highest BCUT2D eigenvalue weighted by Gasteiger charge is 2.16. The van der Waals surface area contributed by atoms with Crippen molar-refractivity contribution in [2.45, 2.75) is 19.9 Å². The molecule has 5 nitrogen and oxygen atoms in total. The van der Waals surface area contributed by atoms with E-state index in [9.17, 15) is 10.1 Å². The molecule has 1 heterocycles. The van der Waals surface area contributed by atoms with E-state index in [-0.39, 0.29) is 10.6 Å². The normalized spacial score (nSPS) is 12.6. The average Bonchev–Trinajstić information content (AvgIpc) is 2.93. The number of hydrogen-bond donors (Lipinski definition) is 2. The van der Waals surface area contributed by atoms with Gasteiger partial charge in [-0.1, -0.05) is 24.3 Å². The molecule has 2 aromatic carbocycles. The standard InChI is InChI=1S/C16H17N3O2/c1-11-5-6-15(19(20)21)14(9-11)18-10-13-4-2-3-12-7-8-17-16(12)13/h2-6,9,17-18H,7-8,10H2,1H3. The fraction of sp³-hybridized carbons (Fsp3) is 0.250. The van der Waals surface area contributed by atoms with Crippen LogP contribution in [-0.2, 0) is 13.0 Å². The Morgan fingerprint density at radius 1 is 1.33 bits per heavy atom. The summed E-state index contributed by atoms with van der Waals surface area (Å²) in [5.74, 6) is 0. The molecule has 21 heavy (non-hydrogen) atoms. The van der Waals surface area contributed by atoms with Crippen LogP contribution in [0.4, 0.5) is 17.1 Å². The molecule has 1 aliphatic heterocycles. The van der Waals surface area contributed by atoms with Crippen molar-refractivity contribution in [1.82, 2.24) is 0 Å². The van der Waals surface area contributed by atoms with Gasteiger partial charge in [0, 0.05) is 24.8 Å². The zero-order valence-corrected chi connectivity index (χ0v) is 11.8. The first-order valence-corrected chi connectivity index (χ1v) is 6.99. The number of nitro benzene ring substituents is 1. The minimum atomic E-state index is -0.352. The second-order valence-electron chi connectivity index (χ2n) is 5.26. The molecule has 0 radical (unpaired) electrons. The van der Waals surface area contributed by atoms with Crippen LogP contribution in [0.25, 0.3) is 0 Å². The molecule has 0 amide bonds. The maximum atomic E-state index is 11.1. The van der Waals surface area contributed by atoms with E-state index in [4.69, 9.17) is 0 Å². The first kappa shape index (κ1) is 13.4. The van der Waals surface area contributed by atoms with Gasteiger partial charge in [-0.2, -0.15) is 0 Å². The third-order valence-electron chi connectivity index (χ3n) is 3.75. The van der Waals surface area contributed by atoms with Crippen LogP contribution in [0.5, 0.6) is 0 Å². The van der Waals surface area contributed by atoms with Crippen LogP contribution >= 0.6 is 0 Å². The van der Waals surface area contributed by atoms with Crippen LogP contribution in [0.1, 0.15) is 16.7 Å². The van der Waals surface area contributed by atoms with Gasteiger partial charge in [0.1, 0.15) is 5.69 Å². The molecular formula is C16H17N3O2. The molecule has 5 heteroatoms. The second kappa shape index (κ2) is 5.44. The number of fused-ring (bicyclic) bond motifs is 1. The number of para-hydroxylation sites is 1. The van der Waals surface area contributed by atoms with Crippen LogP contribution in [0.15, 0.2) is 36.4 Å². The van der Waals surface area contributed by atoms with Crippen molar-refractivity contribution in [2.75, 3.05) is 17.2 Å². The van der Waals surface area contributed by atoms with E-state index in [1.807, 2.05) is 25.1 Å². The Kier molecular flexibility index (Phi) is 3.48. The van der Waals surface area contributed by atoms with E-state index in [2.05, 4.69) is 16.7 Å². The highest BCUT2D eigenvalue weighted by Crippen LogP contribution is 2.29. The van der Waals surface area contributed by atoms with Gasteiger partial charge >= 0.3 is 0 Å². The number of nitrogens with one attached hydrogen (secondary N) is 2. The molecule has 0 fully saturated rings. The van der Waals surface area contributed by atoms with Gasteiger partial charge in [-0.05, 0) is 36.1 Å². The molecule has 2 aromatic rings. The maximum Gasteiger partial charge on any atom is 0.292 e. The van der Waals surface area contributed by atoms with Gasteiger partial charge in [-0.3, -0.25) is 10.1 Å². The number of anilines is 2. The Morgan fingerprint density at radius 2 is 2.19 bits per heavy atom. The SMILES string of the molecule is Cc1ccc([N+](=O)[O-])c(NCc2cccc3c2NCC3)c1. The molecule has 0 spiro atoms. The highest BCUT2D eigenvalue weighted by molar-refractivity contribution is 5.65. The van der Waals surface area contributed by atoms with Gasteiger partial charge in [-0.25, -0.2) is 0 Å². The van der Waals surface area contributed by atoms with E-state index >= 15 is 0 Å². The molecule has 0 saturated heterocycles. The molecule has 0 bridgehead atoms. The topological polar surface area (TPSA) is 67.2 Å². The third kappa shape index (κ3) is 2.67. The summed E-state index contributed by atoms with van der Waals surface area (Å²) < 4.78 is 0. The van der Waals surface area contributed by atoms with Crippen molar-refractivity contribution in [2.24, 2.45) is 0 Å². The lowest BCUT2D eigenvalue weighted by Crippen LogP contribution is -2.05. The zero-order chi connectivity index (χ0) is 14.8. The minimum Gasteiger partial charge on any atom is -0.384 e. The largest absolute Gasteiger partial charge is 0.384 e. The highest BCUT2D eigenvalue weighted by atomic mass is 16.6. The van der Waals surface area contributed by atoms with Crippen LogP contribution in [0.3, 0.4) is 0 Å². The number of nitro groups is 1. The Balaban J connectivity index is 1.84. The Hall–Kier alpha value is -2.56. The number of rotatable bonds is 4. The summed E-state index contributed by atoms with van der Waals surface area (Å²) in [7, 11) is 0. The average molecular weight is 283 g/mol. The van der Waals surface area contributed by atoms with Gasteiger partial charge < -0.3 is 10.6 Å². The fourth-order valence-electron chi connectivity index (χ4n) is 2.70. The van der Waals surface area contributed by atoms with Crippen molar-refractivity contribution in [3.63, 3.8) is 0 Å². The van der Waals surface area contributed by atoms with E-state index < -0.39 is 0 Å². The molecular weight excluding hydrogens is 266 g/mol. The first-order valence-electron chi connectivity index (χ1n) is 6.99. The summed E-state index contributed by atoms with van der Waals surface area (Å²) in [6.45, 7) is 3.45. The lowest BCUT2D eigenvalue weighted by atomic mass is 10.1. The maximum absolute atomic E-state index is 11.1. The predicted octanol–water partition coefficient (Wildman–Crippen LogP) is 3.48. The van der Waals surface area contributed by atoms with Crippen LogP contribution < -0.4 is 10.6 Å². The van der Waals surface area contributed by atoms with Crippen molar-refractivity contribution < 1.29 is 4.92 Å². The van der Waals surface area contributed by atoms with E-state index in [0.29, 0.717) is 12.2 Å². The molecule has 0 aliphatic carbocycles. The lowest BCUT2D eigenvalue weighted by molar-refractivity contribution is -0.384. The van der Waals surface area contributed by atoms with Crippen LogP contribution in [0, 0.1) is 17.0 Å². The van der Waals surface area contributed by atoms with Crippen molar-refractivity contribution in [3.8, 4) is 0 Å². The van der Waals surface area contributed by atoms with Gasteiger partial charge in [0.05, 0.1) is 4.92 Å². The van der Waals surface area contributed by atoms with E-state index in [1.54, 1.807) is 12.1 Å². The zero-order valence-electron chi connectivity index (χ0n) is 11.8. The molecule has 0 unspecified atom stereocenters. The van der Waals surface area contributed by atoms with Gasteiger partial charge in [0.2, 0.25) is 0 Å². The number of benzene rings is 2. The summed E-state index contributed by atoms with van der Waals surface area (Å²) in [6, 6.07) is 11.3. The Labute approximate surface area is 123 Å². The van der Waals surface area contributed by atoms with Crippen molar-refractivity contribution in [3.05, 3.63) is 63.2 Å². The summed E-state index contributed by atoms with van der Waals surface area (Å²) in [6.07, 6.45) is 1.04. The lowest BCUT2D eigenvalue weighted by Gasteiger charge is -2.11. The summed E-state index contributed by atoms with van der Waals surface area (Å²) in [5.41, 5.74) is 5.30. The van der Waals surface area contributed by atoms with Gasteiger partial charge in [0.15, 0.2) is 0 Å². The van der Waals surface area contributed by atoms with Crippen LogP contribution in [-0.4, -0.2) is 11.5 Å². The summed E-state index contributed by atoms with van der Waals surface area (Å²) in [5, 5.41) is 17.7. The summed E-state index contributed by atoms with van der Waals surface area (Å²) >= 11 is 0. The minimum absolute atomic E-state index is 0.112. The second-order valence-corrected chi connectivity index (χ2v) is 5.26. The van der Waals surface area contributed by atoms with Crippen LogP contribution in [0.2, 0.25) is 0 Å². The van der Waals surface area contributed by atoms with Crippen molar-refractivity contribution in [1.29, 1.82) is 0 Å².